The molecule has 140 valence electrons. The molecule has 0 aliphatic carbocycles. The Morgan fingerprint density at radius 3 is 2.41 bits per heavy atom. The number of carboxylic acids is 1. The Hall–Kier alpha value is -2.47. The number of hydrogen-bond donors (Lipinski definition) is 1. The van der Waals surface area contributed by atoms with Crippen LogP contribution < -0.4 is 0 Å². The Kier molecular flexibility index (Phi) is 6.06. The highest BCUT2D eigenvalue weighted by atomic mass is 35.5. The minimum atomic E-state index is -0.913. The number of aromatic carboxylic acids is 1. The lowest BCUT2D eigenvalue weighted by Gasteiger charge is -2.28. The number of pyridine rings is 1. The van der Waals surface area contributed by atoms with E-state index in [1.807, 2.05) is 54.6 Å². The zero-order valence-electron chi connectivity index (χ0n) is 14.8. The minimum absolute atomic E-state index is 0. The molecule has 0 saturated carbocycles. The summed E-state index contributed by atoms with van der Waals surface area (Å²) in [6, 6.07) is 17.3. The Morgan fingerprint density at radius 1 is 1.04 bits per heavy atom. The smallest absolute Gasteiger partial charge is 0.336 e. The van der Waals surface area contributed by atoms with Crippen molar-refractivity contribution >= 4 is 29.3 Å². The number of fused-ring (bicyclic) bond motifs is 1. The Morgan fingerprint density at radius 2 is 1.70 bits per heavy atom. The summed E-state index contributed by atoms with van der Waals surface area (Å²) in [4.78, 5) is 19.3. The average Bonchev–Trinajstić information content (AvgIpc) is 2.68. The summed E-state index contributed by atoms with van der Waals surface area (Å²) in [6.45, 7) is 3.47. The molecule has 0 atom stereocenters. The van der Waals surface area contributed by atoms with Crippen LogP contribution in [0.3, 0.4) is 0 Å². The van der Waals surface area contributed by atoms with E-state index in [1.54, 1.807) is 0 Å². The molecule has 0 bridgehead atoms. The summed E-state index contributed by atoms with van der Waals surface area (Å²) >= 11 is 0. The van der Waals surface area contributed by atoms with Gasteiger partial charge in [0.2, 0.25) is 0 Å². The standard InChI is InChI=1S/C21H20N2O3.ClH/c24-21(25)19-16-8-4-5-9-18(16)22-20(15-6-2-1-3-7-15)17(19)14-23-10-12-26-13-11-23;/h1-9H,10-14H2,(H,24,25);1H. The van der Waals surface area contributed by atoms with E-state index < -0.39 is 5.97 Å². The van der Waals surface area contributed by atoms with E-state index in [0.29, 0.717) is 36.2 Å². The molecular formula is C21H21ClN2O3. The van der Waals surface area contributed by atoms with Crippen LogP contribution in [0.15, 0.2) is 54.6 Å². The van der Waals surface area contributed by atoms with Crippen LogP contribution in [-0.4, -0.2) is 47.3 Å². The van der Waals surface area contributed by atoms with Crippen LogP contribution in [0.5, 0.6) is 0 Å². The first-order valence-corrected chi connectivity index (χ1v) is 8.74. The third-order valence-electron chi connectivity index (χ3n) is 4.74. The summed E-state index contributed by atoms with van der Waals surface area (Å²) in [5, 5.41) is 10.7. The van der Waals surface area contributed by atoms with Gasteiger partial charge in [-0.15, -0.1) is 12.4 Å². The Labute approximate surface area is 164 Å². The highest BCUT2D eigenvalue weighted by molar-refractivity contribution is 6.05. The van der Waals surface area contributed by atoms with Crippen LogP contribution in [0, 0.1) is 0 Å². The van der Waals surface area contributed by atoms with E-state index in [0.717, 1.165) is 29.9 Å². The molecule has 1 aromatic heterocycles. The van der Waals surface area contributed by atoms with Gasteiger partial charge in [-0.1, -0.05) is 48.5 Å². The quantitative estimate of drug-likeness (QED) is 0.740. The summed E-state index contributed by atoms with van der Waals surface area (Å²) in [5.74, 6) is -0.913. The highest BCUT2D eigenvalue weighted by Gasteiger charge is 2.23. The molecule has 0 unspecified atom stereocenters. The first-order valence-electron chi connectivity index (χ1n) is 8.74. The van der Waals surface area contributed by atoms with Gasteiger partial charge in [-0.2, -0.15) is 0 Å². The van der Waals surface area contributed by atoms with Gasteiger partial charge in [0, 0.05) is 36.1 Å². The number of halogens is 1. The minimum Gasteiger partial charge on any atom is -0.478 e. The van der Waals surface area contributed by atoms with Gasteiger partial charge >= 0.3 is 5.97 Å². The average molecular weight is 385 g/mol. The molecular weight excluding hydrogens is 364 g/mol. The van der Waals surface area contributed by atoms with Gasteiger partial charge in [0.25, 0.3) is 0 Å². The predicted octanol–water partition coefficient (Wildman–Crippen LogP) is 3.85. The predicted molar refractivity (Wildman–Crippen MR) is 107 cm³/mol. The van der Waals surface area contributed by atoms with Crippen LogP contribution in [0.4, 0.5) is 0 Å². The maximum absolute atomic E-state index is 12.2. The fourth-order valence-electron chi connectivity index (χ4n) is 3.47. The summed E-state index contributed by atoms with van der Waals surface area (Å²) < 4.78 is 5.43. The van der Waals surface area contributed by atoms with Gasteiger partial charge in [0.05, 0.1) is 30.0 Å². The number of para-hydroxylation sites is 1. The lowest BCUT2D eigenvalue weighted by Crippen LogP contribution is -2.36. The van der Waals surface area contributed by atoms with Crippen molar-refractivity contribution in [3.8, 4) is 11.3 Å². The lowest BCUT2D eigenvalue weighted by molar-refractivity contribution is 0.0340. The summed E-state index contributed by atoms with van der Waals surface area (Å²) in [7, 11) is 0. The number of carbonyl (C=O) groups is 1. The number of carboxylic acid groups (broad SMARTS) is 1. The molecule has 1 aliphatic heterocycles. The molecule has 6 heteroatoms. The second kappa shape index (κ2) is 8.48. The van der Waals surface area contributed by atoms with Crippen molar-refractivity contribution in [3.63, 3.8) is 0 Å². The lowest BCUT2D eigenvalue weighted by atomic mass is 9.96. The molecule has 27 heavy (non-hydrogen) atoms. The number of nitrogens with zero attached hydrogens (tertiary/aromatic N) is 2. The molecule has 4 rings (SSSR count). The molecule has 0 spiro atoms. The van der Waals surface area contributed by atoms with Crippen molar-refractivity contribution < 1.29 is 14.6 Å². The van der Waals surface area contributed by atoms with Crippen molar-refractivity contribution in [2.24, 2.45) is 0 Å². The van der Waals surface area contributed by atoms with Crippen molar-refractivity contribution in [1.82, 2.24) is 9.88 Å². The SMILES string of the molecule is Cl.O=C(O)c1c(CN2CCOCC2)c(-c2ccccc2)nc2ccccc12. The first kappa shape index (κ1) is 19.3. The van der Waals surface area contributed by atoms with Crippen LogP contribution in [0.2, 0.25) is 0 Å². The second-order valence-corrected chi connectivity index (χ2v) is 6.39. The maximum Gasteiger partial charge on any atom is 0.336 e. The van der Waals surface area contributed by atoms with Gasteiger partial charge in [-0.05, 0) is 6.07 Å². The summed E-state index contributed by atoms with van der Waals surface area (Å²) in [6.07, 6.45) is 0. The molecule has 1 fully saturated rings. The molecule has 1 N–H and O–H groups in total. The number of morpholine rings is 1. The number of ether oxygens (including phenoxy) is 1. The van der Waals surface area contributed by atoms with Crippen LogP contribution in [0.25, 0.3) is 22.2 Å². The van der Waals surface area contributed by atoms with Gasteiger partial charge in [0.15, 0.2) is 0 Å². The molecule has 2 heterocycles. The zero-order chi connectivity index (χ0) is 17.9. The number of benzene rings is 2. The van der Waals surface area contributed by atoms with E-state index in [4.69, 9.17) is 9.72 Å². The maximum atomic E-state index is 12.2. The van der Waals surface area contributed by atoms with Crippen molar-refractivity contribution in [1.29, 1.82) is 0 Å². The Balaban J connectivity index is 0.00000210. The molecule has 5 nitrogen and oxygen atoms in total. The van der Waals surface area contributed by atoms with E-state index in [-0.39, 0.29) is 12.4 Å². The number of rotatable bonds is 4. The summed E-state index contributed by atoms with van der Waals surface area (Å²) in [5.41, 5.74) is 3.50. The van der Waals surface area contributed by atoms with Crippen LogP contribution in [-0.2, 0) is 11.3 Å². The third kappa shape index (κ3) is 3.95. The second-order valence-electron chi connectivity index (χ2n) is 6.39. The molecule has 0 amide bonds. The van der Waals surface area contributed by atoms with Gasteiger partial charge in [-0.25, -0.2) is 9.78 Å². The fourth-order valence-corrected chi connectivity index (χ4v) is 3.47. The Bertz CT molecular complexity index is 941. The van der Waals surface area contributed by atoms with E-state index in [2.05, 4.69) is 4.90 Å². The van der Waals surface area contributed by atoms with Crippen LogP contribution in [0.1, 0.15) is 15.9 Å². The van der Waals surface area contributed by atoms with Crippen molar-refractivity contribution in [2.75, 3.05) is 26.3 Å². The molecule has 0 radical (unpaired) electrons. The van der Waals surface area contributed by atoms with Gasteiger partial charge in [0.1, 0.15) is 0 Å². The fraction of sp³-hybridized carbons (Fsp3) is 0.238. The number of aromatic nitrogens is 1. The topological polar surface area (TPSA) is 62.7 Å². The molecule has 3 aromatic rings. The van der Waals surface area contributed by atoms with Gasteiger partial charge < -0.3 is 9.84 Å². The van der Waals surface area contributed by atoms with E-state index in [9.17, 15) is 9.90 Å². The highest BCUT2D eigenvalue weighted by Crippen LogP contribution is 2.31. The van der Waals surface area contributed by atoms with Crippen LogP contribution >= 0.6 is 12.4 Å². The van der Waals surface area contributed by atoms with E-state index in [1.165, 1.54) is 0 Å². The third-order valence-corrected chi connectivity index (χ3v) is 4.74. The molecule has 1 aliphatic rings. The first-order chi connectivity index (χ1) is 12.7. The molecule has 2 aromatic carbocycles. The van der Waals surface area contributed by atoms with E-state index >= 15 is 0 Å². The zero-order valence-corrected chi connectivity index (χ0v) is 15.6. The number of hydrogen-bond acceptors (Lipinski definition) is 4. The monoisotopic (exact) mass is 384 g/mol. The molecule has 1 saturated heterocycles. The van der Waals surface area contributed by atoms with Crippen molar-refractivity contribution in [3.05, 3.63) is 65.7 Å². The van der Waals surface area contributed by atoms with Gasteiger partial charge in [-0.3, -0.25) is 4.90 Å². The largest absolute Gasteiger partial charge is 0.478 e. The van der Waals surface area contributed by atoms with Crippen molar-refractivity contribution in [2.45, 2.75) is 6.54 Å². The normalized spacial score (nSPS) is 14.7.